The number of aliphatic imine (C=N–C) groups is 1. The quantitative estimate of drug-likeness (QED) is 0.291. The summed E-state index contributed by atoms with van der Waals surface area (Å²) in [5, 5.41) is 10.8. The summed E-state index contributed by atoms with van der Waals surface area (Å²) < 4.78 is 17.1. The van der Waals surface area contributed by atoms with Crippen molar-refractivity contribution in [2.24, 2.45) is 4.99 Å². The maximum absolute atomic E-state index is 5.93. The van der Waals surface area contributed by atoms with Crippen molar-refractivity contribution < 1.29 is 14.0 Å². The lowest BCUT2D eigenvalue weighted by atomic mass is 10.00. The molecule has 1 aromatic heterocycles. The number of nitrogens with one attached hydrogen (secondary N) is 2. The summed E-state index contributed by atoms with van der Waals surface area (Å²) in [6, 6.07) is 4.18. The first-order valence-electron chi connectivity index (χ1n) is 10.8. The van der Waals surface area contributed by atoms with Gasteiger partial charge in [-0.05, 0) is 46.8 Å². The zero-order valence-corrected chi connectivity index (χ0v) is 21.7. The first-order chi connectivity index (χ1) is 14.4. The predicted octanol–water partition coefficient (Wildman–Crippen LogP) is 4.49. The van der Waals surface area contributed by atoms with Crippen LogP contribution in [0.1, 0.15) is 61.8 Å². The number of guanidine groups is 1. The molecule has 0 saturated heterocycles. The molecule has 3 rings (SSSR count). The fourth-order valence-electron chi connectivity index (χ4n) is 3.95. The second-order valence-corrected chi connectivity index (χ2v) is 7.85. The molecule has 2 aromatic rings. The van der Waals surface area contributed by atoms with E-state index in [4.69, 9.17) is 19.0 Å². The number of fused-ring (bicyclic) bond motifs is 1. The third-order valence-electron chi connectivity index (χ3n) is 5.29. The monoisotopic (exact) mass is 542 g/mol. The predicted molar refractivity (Wildman–Crippen MR) is 134 cm³/mol. The summed E-state index contributed by atoms with van der Waals surface area (Å²) in [6.07, 6.45) is 1.13. The smallest absolute Gasteiger partial charge is 0.191 e. The van der Waals surface area contributed by atoms with Gasteiger partial charge >= 0.3 is 0 Å². The molecule has 0 saturated carbocycles. The van der Waals surface area contributed by atoms with Crippen LogP contribution < -0.4 is 20.1 Å². The minimum Gasteiger partial charge on any atom is -0.494 e. The molecule has 0 radical (unpaired) electrons. The number of hydrogen-bond acceptors (Lipinski definition) is 5. The molecule has 2 atom stereocenters. The lowest BCUT2D eigenvalue weighted by molar-refractivity contribution is 0.254. The van der Waals surface area contributed by atoms with E-state index in [0.717, 1.165) is 59.5 Å². The van der Waals surface area contributed by atoms with Crippen molar-refractivity contribution in [1.82, 2.24) is 15.8 Å². The number of rotatable bonds is 8. The molecule has 31 heavy (non-hydrogen) atoms. The van der Waals surface area contributed by atoms with Gasteiger partial charge in [0.25, 0.3) is 0 Å². The van der Waals surface area contributed by atoms with Crippen LogP contribution in [0.5, 0.6) is 11.5 Å². The van der Waals surface area contributed by atoms with E-state index < -0.39 is 0 Å². The van der Waals surface area contributed by atoms with Crippen molar-refractivity contribution in [1.29, 1.82) is 0 Å². The molecule has 0 bridgehead atoms. The van der Waals surface area contributed by atoms with Crippen molar-refractivity contribution >= 4 is 29.9 Å². The van der Waals surface area contributed by atoms with Gasteiger partial charge in [-0.1, -0.05) is 12.1 Å². The Hall–Kier alpha value is -1.97. The Balaban J connectivity index is 0.00000341. The van der Waals surface area contributed by atoms with Crippen molar-refractivity contribution in [2.75, 3.05) is 19.7 Å². The minimum absolute atomic E-state index is 0. The standard InChI is InChI=1S/C23H34N4O3.HI/c1-7-24-23(25-12-14(3)22-16(5)27-30-17(22)6)26-13-19-11-21-18(9-15(4)29-21)10-20(19)28-8-2;/h10-11,14-15H,7-9,12-13H2,1-6H3,(H2,24,25,26);1H. The summed E-state index contributed by atoms with van der Waals surface area (Å²) in [6.45, 7) is 14.9. The van der Waals surface area contributed by atoms with E-state index in [0.29, 0.717) is 13.2 Å². The number of ether oxygens (including phenoxy) is 2. The molecule has 172 valence electrons. The van der Waals surface area contributed by atoms with Gasteiger partial charge in [-0.15, -0.1) is 24.0 Å². The van der Waals surface area contributed by atoms with Gasteiger partial charge in [-0.2, -0.15) is 0 Å². The highest BCUT2D eigenvalue weighted by atomic mass is 127. The Kier molecular flexibility index (Phi) is 9.46. The molecule has 1 aliphatic rings. The average molecular weight is 542 g/mol. The Morgan fingerprint density at radius 2 is 2.06 bits per heavy atom. The highest BCUT2D eigenvalue weighted by Gasteiger charge is 2.22. The molecule has 0 aliphatic carbocycles. The van der Waals surface area contributed by atoms with Gasteiger partial charge in [0.05, 0.1) is 18.8 Å². The molecule has 2 N–H and O–H groups in total. The fourth-order valence-corrected chi connectivity index (χ4v) is 3.95. The number of hydrogen-bond donors (Lipinski definition) is 2. The molecule has 8 heteroatoms. The topological polar surface area (TPSA) is 80.9 Å². The number of benzene rings is 1. The van der Waals surface area contributed by atoms with E-state index in [-0.39, 0.29) is 36.0 Å². The maximum atomic E-state index is 5.93. The molecule has 2 heterocycles. The Morgan fingerprint density at radius 1 is 1.29 bits per heavy atom. The van der Waals surface area contributed by atoms with Gasteiger partial charge in [0, 0.05) is 42.1 Å². The average Bonchev–Trinajstić information content (AvgIpc) is 3.24. The molecule has 0 amide bonds. The van der Waals surface area contributed by atoms with E-state index in [1.54, 1.807) is 0 Å². The summed E-state index contributed by atoms with van der Waals surface area (Å²) in [4.78, 5) is 4.79. The van der Waals surface area contributed by atoms with Crippen LogP contribution in [0.3, 0.4) is 0 Å². The normalized spacial score (nSPS) is 16.2. The molecular formula is C23H35IN4O3. The summed E-state index contributed by atoms with van der Waals surface area (Å²) in [5.74, 6) is 3.73. The van der Waals surface area contributed by atoms with Crippen LogP contribution >= 0.6 is 24.0 Å². The van der Waals surface area contributed by atoms with Gasteiger partial charge in [-0.25, -0.2) is 4.99 Å². The molecule has 2 unspecified atom stereocenters. The maximum Gasteiger partial charge on any atom is 0.191 e. The second kappa shape index (κ2) is 11.6. The van der Waals surface area contributed by atoms with Crippen LogP contribution in [0, 0.1) is 13.8 Å². The number of halogens is 1. The van der Waals surface area contributed by atoms with Crippen LogP contribution in [0.25, 0.3) is 0 Å². The highest BCUT2D eigenvalue weighted by Crippen LogP contribution is 2.35. The van der Waals surface area contributed by atoms with Crippen LogP contribution in [0.2, 0.25) is 0 Å². The Morgan fingerprint density at radius 3 is 2.71 bits per heavy atom. The molecule has 7 nitrogen and oxygen atoms in total. The van der Waals surface area contributed by atoms with Gasteiger partial charge in [-0.3, -0.25) is 0 Å². The Labute approximate surface area is 202 Å². The van der Waals surface area contributed by atoms with Crippen molar-refractivity contribution in [3.63, 3.8) is 0 Å². The first-order valence-corrected chi connectivity index (χ1v) is 10.8. The van der Waals surface area contributed by atoms with Gasteiger partial charge in [0.2, 0.25) is 0 Å². The molecule has 0 fully saturated rings. The van der Waals surface area contributed by atoms with Crippen molar-refractivity contribution in [3.8, 4) is 11.5 Å². The lowest BCUT2D eigenvalue weighted by Gasteiger charge is -2.16. The highest BCUT2D eigenvalue weighted by molar-refractivity contribution is 14.0. The third kappa shape index (κ3) is 6.27. The second-order valence-electron chi connectivity index (χ2n) is 7.85. The third-order valence-corrected chi connectivity index (χ3v) is 5.29. The van der Waals surface area contributed by atoms with Gasteiger partial charge in [0.1, 0.15) is 23.4 Å². The van der Waals surface area contributed by atoms with Crippen LogP contribution in [0.15, 0.2) is 21.6 Å². The fraction of sp³-hybridized carbons (Fsp3) is 0.565. The number of nitrogens with zero attached hydrogens (tertiary/aromatic N) is 2. The molecule has 0 spiro atoms. The lowest BCUT2D eigenvalue weighted by Crippen LogP contribution is -2.39. The zero-order valence-electron chi connectivity index (χ0n) is 19.4. The van der Waals surface area contributed by atoms with Gasteiger partial charge < -0.3 is 24.6 Å². The van der Waals surface area contributed by atoms with Crippen molar-refractivity contribution in [2.45, 2.75) is 66.5 Å². The summed E-state index contributed by atoms with van der Waals surface area (Å²) in [5.41, 5.74) is 4.33. The Bertz CT molecular complexity index is 878. The van der Waals surface area contributed by atoms with Crippen LogP contribution in [-0.4, -0.2) is 36.9 Å². The number of aryl methyl sites for hydroxylation is 2. The van der Waals surface area contributed by atoms with Gasteiger partial charge in [0.15, 0.2) is 5.96 Å². The molecular weight excluding hydrogens is 507 g/mol. The van der Waals surface area contributed by atoms with E-state index in [1.807, 2.05) is 20.8 Å². The van der Waals surface area contributed by atoms with E-state index in [1.165, 1.54) is 5.56 Å². The first kappa shape index (κ1) is 25.3. The van der Waals surface area contributed by atoms with E-state index >= 15 is 0 Å². The summed E-state index contributed by atoms with van der Waals surface area (Å²) in [7, 11) is 0. The zero-order chi connectivity index (χ0) is 21.7. The SMILES string of the molecule is CCNC(=NCc1cc2c(cc1OCC)CC(C)O2)NCC(C)c1c(C)noc1C.I. The minimum atomic E-state index is 0. The molecule has 1 aromatic carbocycles. The summed E-state index contributed by atoms with van der Waals surface area (Å²) >= 11 is 0. The van der Waals surface area contributed by atoms with Crippen LogP contribution in [-0.2, 0) is 13.0 Å². The number of aromatic nitrogens is 1. The van der Waals surface area contributed by atoms with Crippen LogP contribution in [0.4, 0.5) is 0 Å². The largest absolute Gasteiger partial charge is 0.494 e. The van der Waals surface area contributed by atoms with Crippen molar-refractivity contribution in [3.05, 3.63) is 40.3 Å². The van der Waals surface area contributed by atoms with E-state index in [9.17, 15) is 0 Å². The van der Waals surface area contributed by atoms with E-state index in [2.05, 4.69) is 48.7 Å². The molecule has 1 aliphatic heterocycles.